The third kappa shape index (κ3) is 6.57. The number of benzene rings is 2. The number of carbonyl (C=O) groups is 1. The second kappa shape index (κ2) is 11.3. The number of anilines is 1. The molecule has 3 aliphatic rings. The summed E-state index contributed by atoms with van der Waals surface area (Å²) < 4.78 is 17.3. The van der Waals surface area contributed by atoms with Gasteiger partial charge < -0.3 is 24.0 Å². The summed E-state index contributed by atoms with van der Waals surface area (Å²) in [5.74, 6) is 0.926. The number of aryl methyl sites for hydroxylation is 1. The summed E-state index contributed by atoms with van der Waals surface area (Å²) in [6, 6.07) is 15.7. The number of rotatable bonds is 5. The third-order valence-corrected chi connectivity index (χ3v) is 7.52. The van der Waals surface area contributed by atoms with Crippen LogP contribution >= 0.6 is 0 Å². The molecule has 1 aliphatic carbocycles. The van der Waals surface area contributed by atoms with Crippen molar-refractivity contribution in [3.8, 4) is 5.75 Å². The Hall–Kier alpha value is -2.77. The molecule has 0 aromatic heterocycles. The lowest BCUT2D eigenvalue weighted by atomic mass is 9.86. The van der Waals surface area contributed by atoms with Gasteiger partial charge in [0.05, 0.1) is 13.2 Å². The average Bonchev–Trinajstić information content (AvgIpc) is 2.91. The Bertz CT molecular complexity index is 1050. The first-order chi connectivity index (χ1) is 17.9. The van der Waals surface area contributed by atoms with Crippen LogP contribution in [0.3, 0.4) is 0 Å². The van der Waals surface area contributed by atoms with Gasteiger partial charge in [0, 0.05) is 51.0 Å². The topological polar surface area (TPSA) is 54.5 Å². The summed E-state index contributed by atoms with van der Waals surface area (Å²) in [4.78, 5) is 19.2. The fourth-order valence-electron chi connectivity index (χ4n) is 5.56. The first-order valence-corrected chi connectivity index (χ1v) is 13.7. The van der Waals surface area contributed by atoms with Gasteiger partial charge in [0.1, 0.15) is 18.0 Å². The van der Waals surface area contributed by atoms with Crippen molar-refractivity contribution in [3.05, 3.63) is 59.2 Å². The number of fused-ring (bicyclic) bond motifs is 1. The van der Waals surface area contributed by atoms with Crippen molar-refractivity contribution in [1.29, 1.82) is 0 Å². The van der Waals surface area contributed by atoms with E-state index < -0.39 is 5.60 Å². The van der Waals surface area contributed by atoms with Crippen LogP contribution in [-0.4, -0.2) is 74.0 Å². The predicted octanol–water partition coefficient (Wildman–Crippen LogP) is 5.03. The van der Waals surface area contributed by atoms with Crippen molar-refractivity contribution in [2.24, 2.45) is 0 Å². The molecule has 200 valence electrons. The van der Waals surface area contributed by atoms with Crippen molar-refractivity contribution in [1.82, 2.24) is 9.80 Å². The van der Waals surface area contributed by atoms with Gasteiger partial charge in [-0.3, -0.25) is 4.90 Å². The minimum absolute atomic E-state index is 0.204. The molecule has 0 bridgehead atoms. The summed E-state index contributed by atoms with van der Waals surface area (Å²) in [5.41, 5.74) is 4.77. The highest BCUT2D eigenvalue weighted by atomic mass is 16.6. The lowest BCUT2D eigenvalue weighted by Crippen LogP contribution is -2.51. The minimum Gasteiger partial charge on any atom is -0.489 e. The normalized spacial score (nSPS) is 20.9. The highest BCUT2D eigenvalue weighted by Gasteiger charge is 2.31. The van der Waals surface area contributed by atoms with Crippen LogP contribution in [0.25, 0.3) is 0 Å². The van der Waals surface area contributed by atoms with E-state index in [-0.39, 0.29) is 6.09 Å². The summed E-state index contributed by atoms with van der Waals surface area (Å²) in [7, 11) is 0. The van der Waals surface area contributed by atoms with Gasteiger partial charge in [0.2, 0.25) is 0 Å². The van der Waals surface area contributed by atoms with Crippen LogP contribution in [0.1, 0.15) is 56.3 Å². The molecule has 2 aliphatic heterocycles. The molecule has 0 N–H and O–H groups in total. The Kier molecular flexibility index (Phi) is 7.91. The van der Waals surface area contributed by atoms with Gasteiger partial charge in [-0.05, 0) is 81.0 Å². The number of piperazine rings is 1. The van der Waals surface area contributed by atoms with Crippen LogP contribution in [0.15, 0.2) is 42.5 Å². The number of hydrogen-bond donors (Lipinski definition) is 0. The Morgan fingerprint density at radius 3 is 2.41 bits per heavy atom. The molecule has 37 heavy (non-hydrogen) atoms. The average molecular weight is 508 g/mol. The van der Waals surface area contributed by atoms with E-state index in [0.717, 1.165) is 58.0 Å². The van der Waals surface area contributed by atoms with Crippen molar-refractivity contribution in [2.45, 2.75) is 58.3 Å². The maximum atomic E-state index is 12.5. The molecule has 0 radical (unpaired) electrons. The smallest absolute Gasteiger partial charge is 0.410 e. The van der Waals surface area contributed by atoms with E-state index >= 15 is 0 Å². The SMILES string of the molecule is CC(C)(C)OC(=O)N1CCN(C2CCCc3ccc(OCc4ccc(N5CCOCC5)cc4)cc32)CC1. The van der Waals surface area contributed by atoms with Gasteiger partial charge in [-0.2, -0.15) is 0 Å². The Morgan fingerprint density at radius 1 is 0.973 bits per heavy atom. The van der Waals surface area contributed by atoms with Gasteiger partial charge in [-0.15, -0.1) is 0 Å². The molecule has 0 saturated carbocycles. The molecule has 1 unspecified atom stereocenters. The maximum absolute atomic E-state index is 12.5. The lowest BCUT2D eigenvalue weighted by Gasteiger charge is -2.41. The van der Waals surface area contributed by atoms with Gasteiger partial charge >= 0.3 is 6.09 Å². The third-order valence-electron chi connectivity index (χ3n) is 7.52. The molecule has 2 aromatic carbocycles. The first kappa shape index (κ1) is 25.9. The van der Waals surface area contributed by atoms with E-state index in [1.54, 1.807) is 0 Å². The number of carbonyl (C=O) groups excluding carboxylic acids is 1. The van der Waals surface area contributed by atoms with Gasteiger partial charge in [0.15, 0.2) is 0 Å². The molecule has 1 atom stereocenters. The number of nitrogens with zero attached hydrogens (tertiary/aromatic N) is 3. The van der Waals surface area contributed by atoms with E-state index in [2.05, 4.69) is 52.3 Å². The largest absolute Gasteiger partial charge is 0.489 e. The number of hydrogen-bond acceptors (Lipinski definition) is 6. The summed E-state index contributed by atoms with van der Waals surface area (Å²) >= 11 is 0. The van der Waals surface area contributed by atoms with Crippen LogP contribution in [0.5, 0.6) is 5.75 Å². The van der Waals surface area contributed by atoms with Crippen LogP contribution in [0.4, 0.5) is 10.5 Å². The van der Waals surface area contributed by atoms with Crippen LogP contribution in [0.2, 0.25) is 0 Å². The van der Waals surface area contributed by atoms with Crippen LogP contribution < -0.4 is 9.64 Å². The predicted molar refractivity (Wildman–Crippen MR) is 145 cm³/mol. The second-order valence-corrected chi connectivity index (χ2v) is 11.3. The van der Waals surface area contributed by atoms with Crippen LogP contribution in [-0.2, 0) is 22.5 Å². The highest BCUT2D eigenvalue weighted by molar-refractivity contribution is 5.68. The molecule has 2 heterocycles. The molecule has 2 saturated heterocycles. The molecule has 2 aromatic rings. The molecule has 7 nitrogen and oxygen atoms in total. The maximum Gasteiger partial charge on any atom is 0.410 e. The quantitative estimate of drug-likeness (QED) is 0.566. The monoisotopic (exact) mass is 507 g/mol. The molecule has 1 amide bonds. The molecule has 5 rings (SSSR count). The second-order valence-electron chi connectivity index (χ2n) is 11.3. The zero-order valence-electron chi connectivity index (χ0n) is 22.6. The zero-order valence-corrected chi connectivity index (χ0v) is 22.6. The lowest BCUT2D eigenvalue weighted by molar-refractivity contribution is 0.00926. The first-order valence-electron chi connectivity index (χ1n) is 13.7. The van der Waals surface area contributed by atoms with E-state index in [0.29, 0.717) is 25.7 Å². The van der Waals surface area contributed by atoms with Crippen molar-refractivity contribution >= 4 is 11.8 Å². The Balaban J connectivity index is 1.19. The standard InChI is InChI=1S/C30H41N3O4/c1-30(2,3)37-29(34)33-15-13-32(14-16-33)28-6-4-5-24-9-12-26(21-27(24)28)36-22-23-7-10-25(11-8-23)31-17-19-35-20-18-31/h7-12,21,28H,4-6,13-20,22H2,1-3H3. The summed E-state index contributed by atoms with van der Waals surface area (Å²) in [5, 5.41) is 0. The molecular formula is C30H41N3O4. The fourth-order valence-corrected chi connectivity index (χ4v) is 5.56. The van der Waals surface area contributed by atoms with Crippen LogP contribution in [0, 0.1) is 0 Å². The minimum atomic E-state index is -0.461. The zero-order chi connectivity index (χ0) is 25.8. The van der Waals surface area contributed by atoms with Gasteiger partial charge in [0.25, 0.3) is 0 Å². The number of ether oxygens (including phenoxy) is 3. The Labute approximate surface area is 221 Å². The van der Waals surface area contributed by atoms with Crippen molar-refractivity contribution in [3.63, 3.8) is 0 Å². The summed E-state index contributed by atoms with van der Waals surface area (Å²) in [6.45, 7) is 12.9. The summed E-state index contributed by atoms with van der Waals surface area (Å²) in [6.07, 6.45) is 3.25. The molecule has 2 fully saturated rings. The molecule has 7 heteroatoms. The fraction of sp³-hybridized carbons (Fsp3) is 0.567. The van der Waals surface area contributed by atoms with E-state index in [9.17, 15) is 4.79 Å². The van der Waals surface area contributed by atoms with Gasteiger partial charge in [-0.1, -0.05) is 18.2 Å². The van der Waals surface area contributed by atoms with E-state index in [4.69, 9.17) is 14.2 Å². The molecular weight excluding hydrogens is 466 g/mol. The highest BCUT2D eigenvalue weighted by Crippen LogP contribution is 2.37. The van der Waals surface area contributed by atoms with Gasteiger partial charge in [-0.25, -0.2) is 4.79 Å². The van der Waals surface area contributed by atoms with Crippen molar-refractivity contribution < 1.29 is 19.0 Å². The number of amides is 1. The van der Waals surface area contributed by atoms with E-state index in [1.807, 2.05) is 25.7 Å². The van der Waals surface area contributed by atoms with E-state index in [1.165, 1.54) is 28.8 Å². The molecule has 0 spiro atoms. The number of morpholine rings is 1. The Morgan fingerprint density at radius 2 is 1.70 bits per heavy atom. The van der Waals surface area contributed by atoms with Crippen molar-refractivity contribution in [2.75, 3.05) is 57.4 Å².